The van der Waals surface area contributed by atoms with Crippen LogP contribution in [0.15, 0.2) is 35.7 Å². The van der Waals surface area contributed by atoms with E-state index in [1.54, 1.807) is 35.7 Å². The van der Waals surface area contributed by atoms with Crippen LogP contribution in [0.1, 0.15) is 21.1 Å². The molecule has 12 heteroatoms. The molecule has 2 heterocycles. The van der Waals surface area contributed by atoms with Gasteiger partial charge in [0, 0.05) is 10.9 Å². The summed E-state index contributed by atoms with van der Waals surface area (Å²) in [6.07, 6.45) is -4.79. The lowest BCUT2D eigenvalue weighted by Gasteiger charge is -2.01. The third-order valence-electron chi connectivity index (χ3n) is 3.06. The number of amides is 2. The van der Waals surface area contributed by atoms with Crippen LogP contribution in [0, 0.1) is 0 Å². The van der Waals surface area contributed by atoms with Crippen LogP contribution in [0.25, 0.3) is 0 Å². The molecule has 2 N–H and O–H groups in total. The van der Waals surface area contributed by atoms with Crippen LogP contribution in [0.2, 0.25) is 0 Å². The van der Waals surface area contributed by atoms with Gasteiger partial charge in [0.2, 0.25) is 16.0 Å². The van der Waals surface area contributed by atoms with E-state index in [2.05, 4.69) is 25.8 Å². The van der Waals surface area contributed by atoms with E-state index in [1.807, 2.05) is 0 Å². The van der Waals surface area contributed by atoms with Gasteiger partial charge in [0.15, 0.2) is 5.13 Å². The van der Waals surface area contributed by atoms with Crippen molar-refractivity contribution in [2.24, 2.45) is 0 Å². The van der Waals surface area contributed by atoms with Crippen molar-refractivity contribution >= 4 is 44.8 Å². The lowest BCUT2D eigenvalue weighted by molar-refractivity contribution is -0.138. The molecule has 3 rings (SSSR count). The Kier molecular flexibility index (Phi) is 5.46. The van der Waals surface area contributed by atoms with Crippen molar-refractivity contribution in [3.8, 4) is 0 Å². The predicted molar refractivity (Wildman–Crippen MR) is 93.8 cm³/mol. The number of aromatic nitrogens is 3. The van der Waals surface area contributed by atoms with E-state index in [0.29, 0.717) is 16.4 Å². The number of anilines is 2. The fourth-order valence-electron chi connectivity index (χ4n) is 1.92. The molecule has 1 aromatic carbocycles. The maximum absolute atomic E-state index is 12.5. The lowest BCUT2D eigenvalue weighted by atomic mass is 10.2. The van der Waals surface area contributed by atoms with Gasteiger partial charge in [0.1, 0.15) is 0 Å². The Hall–Kier alpha value is -2.86. The number of carbonyl (C=O) groups excluding carboxylic acids is 2. The number of carbonyl (C=O) groups is 2. The lowest BCUT2D eigenvalue weighted by Crippen LogP contribution is -2.15. The fourth-order valence-corrected chi connectivity index (χ4v) is 3.25. The summed E-state index contributed by atoms with van der Waals surface area (Å²) in [4.78, 5) is 28.1. The molecule has 0 aliphatic carbocycles. The predicted octanol–water partition coefficient (Wildman–Crippen LogP) is 3.45. The molecule has 0 saturated carbocycles. The first-order valence-electron chi connectivity index (χ1n) is 7.32. The quantitative estimate of drug-likeness (QED) is 0.668. The highest BCUT2D eigenvalue weighted by Crippen LogP contribution is 2.33. The van der Waals surface area contributed by atoms with Crippen molar-refractivity contribution in [2.75, 3.05) is 10.6 Å². The SMILES string of the molecule is O=C(Cc1csc(NC(=O)c2ccccc2)n1)Nc1nnc(C(F)(F)F)s1. The summed E-state index contributed by atoms with van der Waals surface area (Å²) in [5.41, 5.74) is 0.824. The molecule has 0 aliphatic heterocycles. The summed E-state index contributed by atoms with van der Waals surface area (Å²) < 4.78 is 37.4. The highest BCUT2D eigenvalue weighted by Gasteiger charge is 2.35. The molecule has 2 aromatic heterocycles. The van der Waals surface area contributed by atoms with E-state index < -0.39 is 17.1 Å². The molecule has 3 aromatic rings. The van der Waals surface area contributed by atoms with Gasteiger partial charge in [-0.1, -0.05) is 29.5 Å². The molecule has 0 spiro atoms. The average Bonchev–Trinajstić information content (AvgIpc) is 3.25. The van der Waals surface area contributed by atoms with Gasteiger partial charge >= 0.3 is 6.18 Å². The Labute approximate surface area is 158 Å². The third kappa shape index (κ3) is 5.08. The van der Waals surface area contributed by atoms with Gasteiger partial charge in [0.25, 0.3) is 5.91 Å². The largest absolute Gasteiger partial charge is 0.445 e. The van der Waals surface area contributed by atoms with Crippen molar-refractivity contribution in [1.82, 2.24) is 15.2 Å². The maximum Gasteiger partial charge on any atom is 0.445 e. The van der Waals surface area contributed by atoms with Crippen molar-refractivity contribution in [1.29, 1.82) is 0 Å². The number of hydrogen-bond acceptors (Lipinski definition) is 7. The van der Waals surface area contributed by atoms with Crippen LogP contribution in [0.3, 0.4) is 0 Å². The first kappa shape index (κ1) is 18.9. The van der Waals surface area contributed by atoms with E-state index in [-0.39, 0.29) is 28.8 Å². The summed E-state index contributed by atoms with van der Waals surface area (Å²) in [6, 6.07) is 8.53. The molecule has 2 amide bonds. The number of thiazole rings is 1. The first-order valence-corrected chi connectivity index (χ1v) is 9.02. The molecule has 0 atom stereocenters. The summed E-state index contributed by atoms with van der Waals surface area (Å²) in [5, 5.41) is 11.6. The minimum Gasteiger partial charge on any atom is -0.300 e. The van der Waals surface area contributed by atoms with E-state index in [1.165, 1.54) is 0 Å². The second-order valence-corrected chi connectivity index (χ2v) is 6.93. The molecule has 0 saturated heterocycles. The van der Waals surface area contributed by atoms with E-state index in [4.69, 9.17) is 0 Å². The molecule has 0 fully saturated rings. The van der Waals surface area contributed by atoms with Gasteiger partial charge in [-0.2, -0.15) is 13.2 Å². The second kappa shape index (κ2) is 7.80. The van der Waals surface area contributed by atoms with E-state index >= 15 is 0 Å². The van der Waals surface area contributed by atoms with Crippen molar-refractivity contribution < 1.29 is 22.8 Å². The highest BCUT2D eigenvalue weighted by atomic mass is 32.1. The van der Waals surface area contributed by atoms with Gasteiger partial charge in [0.05, 0.1) is 12.1 Å². The number of benzene rings is 1. The minimum absolute atomic E-state index is 0.182. The Morgan fingerprint density at radius 3 is 2.44 bits per heavy atom. The number of halogens is 3. The van der Waals surface area contributed by atoms with Crippen LogP contribution < -0.4 is 10.6 Å². The van der Waals surface area contributed by atoms with Crippen LogP contribution in [0.5, 0.6) is 0 Å². The van der Waals surface area contributed by atoms with Gasteiger partial charge < -0.3 is 5.32 Å². The summed E-state index contributed by atoms with van der Waals surface area (Å²) in [6.45, 7) is 0. The molecule has 7 nitrogen and oxygen atoms in total. The molecular weight excluding hydrogens is 403 g/mol. The van der Waals surface area contributed by atoms with Gasteiger partial charge in [-0.25, -0.2) is 4.98 Å². The normalized spacial score (nSPS) is 11.2. The first-order chi connectivity index (χ1) is 12.8. The molecule has 0 radical (unpaired) electrons. The number of rotatable bonds is 5. The van der Waals surface area contributed by atoms with E-state index in [9.17, 15) is 22.8 Å². The average molecular weight is 413 g/mol. The standard InChI is InChI=1S/C15H10F3N5O2S2/c16-15(17,18)12-22-23-14(27-12)20-10(24)6-9-7-26-13(19-9)21-11(25)8-4-2-1-3-5-8/h1-5,7H,6H2,(H,19,21,25)(H,20,23,24). The molecule has 140 valence electrons. The smallest absolute Gasteiger partial charge is 0.300 e. The molecule has 0 bridgehead atoms. The van der Waals surface area contributed by atoms with Gasteiger partial charge in [-0.3, -0.25) is 14.9 Å². The second-order valence-electron chi connectivity index (χ2n) is 5.10. The zero-order valence-corrected chi connectivity index (χ0v) is 14.9. The molecule has 0 unspecified atom stereocenters. The molecule has 27 heavy (non-hydrogen) atoms. The Morgan fingerprint density at radius 1 is 1.04 bits per heavy atom. The van der Waals surface area contributed by atoms with Crippen molar-refractivity contribution in [2.45, 2.75) is 12.6 Å². The van der Waals surface area contributed by atoms with Crippen LogP contribution in [0.4, 0.5) is 23.4 Å². The Balaban J connectivity index is 1.56. The highest BCUT2D eigenvalue weighted by molar-refractivity contribution is 7.15. The topological polar surface area (TPSA) is 96.9 Å². The number of hydrogen-bond donors (Lipinski definition) is 2. The van der Waals surface area contributed by atoms with Crippen molar-refractivity contribution in [3.05, 3.63) is 52.0 Å². The van der Waals surface area contributed by atoms with Gasteiger partial charge in [-0.15, -0.1) is 21.5 Å². The molecule has 0 aliphatic rings. The van der Waals surface area contributed by atoms with Crippen LogP contribution >= 0.6 is 22.7 Å². The summed E-state index contributed by atoms with van der Waals surface area (Å²) >= 11 is 1.37. The summed E-state index contributed by atoms with van der Waals surface area (Å²) in [7, 11) is 0. The fraction of sp³-hybridized carbons (Fsp3) is 0.133. The van der Waals surface area contributed by atoms with Crippen LogP contribution in [-0.4, -0.2) is 27.0 Å². The maximum atomic E-state index is 12.5. The van der Waals surface area contributed by atoms with Crippen molar-refractivity contribution in [3.63, 3.8) is 0 Å². The van der Waals surface area contributed by atoms with Gasteiger partial charge in [-0.05, 0) is 12.1 Å². The summed E-state index contributed by atoms with van der Waals surface area (Å²) in [5.74, 6) is -0.930. The zero-order chi connectivity index (χ0) is 19.4. The molecular formula is C15H10F3N5O2S2. The zero-order valence-electron chi connectivity index (χ0n) is 13.3. The minimum atomic E-state index is -4.61. The number of nitrogens with one attached hydrogen (secondary N) is 2. The number of alkyl halides is 3. The third-order valence-corrected chi connectivity index (χ3v) is 4.75. The Morgan fingerprint density at radius 2 is 1.78 bits per heavy atom. The Bertz CT molecular complexity index is 956. The number of nitrogens with zero attached hydrogens (tertiary/aromatic N) is 3. The van der Waals surface area contributed by atoms with Crippen LogP contribution in [-0.2, 0) is 17.4 Å². The monoisotopic (exact) mass is 413 g/mol. The van der Waals surface area contributed by atoms with E-state index in [0.717, 1.165) is 11.3 Å².